The third-order valence-corrected chi connectivity index (χ3v) is 6.92. The van der Waals surface area contributed by atoms with Gasteiger partial charge in [-0.05, 0) is 6.42 Å². The Labute approximate surface area is 212 Å². The van der Waals surface area contributed by atoms with E-state index in [4.69, 9.17) is 18.9 Å². The molecule has 0 bridgehead atoms. The number of hydrogen-bond acceptors (Lipinski definition) is 12. The Kier molecular flexibility index (Phi) is 13.9. The van der Waals surface area contributed by atoms with E-state index in [0.29, 0.717) is 6.42 Å². The lowest BCUT2D eigenvalue weighted by molar-refractivity contribution is -0.383. The quantitative estimate of drug-likeness (QED) is 0.102. The summed E-state index contributed by atoms with van der Waals surface area (Å²) < 4.78 is 22.0. The van der Waals surface area contributed by atoms with Crippen molar-refractivity contribution in [1.82, 2.24) is 0 Å². The van der Waals surface area contributed by atoms with E-state index in [2.05, 4.69) is 6.92 Å². The zero-order valence-corrected chi connectivity index (χ0v) is 21.1. The summed E-state index contributed by atoms with van der Waals surface area (Å²) in [7, 11) is 0. The number of rotatable bonds is 17. The van der Waals surface area contributed by atoms with Crippen LogP contribution in [0, 0.1) is 0 Å². The molecule has 12 heteroatoms. The summed E-state index contributed by atoms with van der Waals surface area (Å²) in [5.41, 5.74) is 0. The van der Waals surface area contributed by atoms with Crippen molar-refractivity contribution in [2.24, 2.45) is 0 Å². The molecule has 10 atom stereocenters. The minimum atomic E-state index is -2.20. The third-order valence-electron chi connectivity index (χ3n) is 6.92. The number of hydrogen-bond donors (Lipinski definition) is 8. The average Bonchev–Trinajstić information content (AvgIpc) is 3.15. The van der Waals surface area contributed by atoms with Crippen LogP contribution >= 0.6 is 0 Å². The molecular weight excluding hydrogens is 480 g/mol. The molecule has 2 aliphatic heterocycles. The zero-order chi connectivity index (χ0) is 26.7. The predicted molar refractivity (Wildman–Crippen MR) is 126 cm³/mol. The van der Waals surface area contributed by atoms with Crippen LogP contribution in [0.4, 0.5) is 0 Å². The van der Waals surface area contributed by atoms with Crippen LogP contribution in [0.5, 0.6) is 0 Å². The molecule has 12 nitrogen and oxygen atoms in total. The summed E-state index contributed by atoms with van der Waals surface area (Å²) in [5.74, 6) is -2.20. The third kappa shape index (κ3) is 8.26. The zero-order valence-electron chi connectivity index (χ0n) is 21.1. The number of ether oxygens (including phenoxy) is 4. The van der Waals surface area contributed by atoms with Gasteiger partial charge in [0.25, 0.3) is 0 Å². The molecule has 0 aromatic carbocycles. The molecule has 2 rings (SSSR count). The van der Waals surface area contributed by atoms with Crippen LogP contribution in [0.1, 0.15) is 64.7 Å². The lowest BCUT2D eigenvalue weighted by atomic mass is 9.99. The summed E-state index contributed by atoms with van der Waals surface area (Å²) in [4.78, 5) is 0. The van der Waals surface area contributed by atoms with Gasteiger partial charge in [0.2, 0.25) is 5.79 Å². The summed E-state index contributed by atoms with van der Waals surface area (Å²) in [6.45, 7) is -0.183. The van der Waals surface area contributed by atoms with Gasteiger partial charge in [0, 0.05) is 0 Å². The van der Waals surface area contributed by atoms with Gasteiger partial charge in [-0.1, -0.05) is 58.3 Å². The predicted octanol–water partition coefficient (Wildman–Crippen LogP) is -1.48. The Morgan fingerprint density at radius 3 is 2.00 bits per heavy atom. The van der Waals surface area contributed by atoms with E-state index >= 15 is 0 Å². The lowest BCUT2D eigenvalue weighted by Gasteiger charge is -2.43. The maximum absolute atomic E-state index is 10.9. The van der Waals surface area contributed by atoms with Crippen LogP contribution in [0.2, 0.25) is 0 Å². The normalized spacial score (nSPS) is 37.9. The van der Waals surface area contributed by atoms with Crippen LogP contribution in [0.3, 0.4) is 0 Å². The molecule has 0 spiro atoms. The molecule has 36 heavy (non-hydrogen) atoms. The summed E-state index contributed by atoms with van der Waals surface area (Å²) in [6, 6.07) is 0. The van der Waals surface area contributed by atoms with Crippen LogP contribution in [0.15, 0.2) is 0 Å². The standard InChI is InChI=1S/C24H46O12/c1-2-3-4-5-6-7-8-9-10-15(28)13-33-21-17(12-26)35-24(14-27,22(21)32)36-23-20(31)19(30)18(29)16(11-25)34-23/h15-23,25-32H,2-14H2,1H3/t15?,16-,17-,18-,19+,20-,21-,22+,23-,24+/m1/s1. The van der Waals surface area contributed by atoms with Crippen molar-refractivity contribution in [3.63, 3.8) is 0 Å². The molecule has 214 valence electrons. The average molecular weight is 527 g/mol. The number of unbranched alkanes of at least 4 members (excludes halogenated alkanes) is 7. The second-order valence-corrected chi connectivity index (χ2v) is 9.78. The van der Waals surface area contributed by atoms with Gasteiger partial charge in [0.1, 0.15) is 49.3 Å². The minimum absolute atomic E-state index is 0.139. The number of aliphatic hydroxyl groups excluding tert-OH is 8. The van der Waals surface area contributed by atoms with Gasteiger partial charge in [-0.15, -0.1) is 0 Å². The van der Waals surface area contributed by atoms with Gasteiger partial charge >= 0.3 is 0 Å². The molecule has 0 saturated carbocycles. The molecule has 2 fully saturated rings. The van der Waals surface area contributed by atoms with Gasteiger partial charge < -0.3 is 59.8 Å². The summed E-state index contributed by atoms with van der Waals surface area (Å²) in [6.07, 6.45) is -3.32. The van der Waals surface area contributed by atoms with Crippen molar-refractivity contribution in [3.8, 4) is 0 Å². The maximum Gasteiger partial charge on any atom is 0.224 e. The SMILES string of the molecule is CCCCCCCCCCC(O)CO[C@@H]1[C@@H](CO)O[C@@](CO)(O[C@H]2O[C@H](CO)[C@@H](O)[C@H](O)[C@H]2O)[C@H]1O. The molecule has 1 unspecified atom stereocenters. The molecule has 0 aliphatic carbocycles. The first kappa shape index (κ1) is 31.7. The Bertz CT molecular complexity index is 595. The van der Waals surface area contributed by atoms with Crippen molar-refractivity contribution < 1.29 is 59.8 Å². The van der Waals surface area contributed by atoms with Gasteiger partial charge in [0.05, 0.1) is 25.9 Å². The Morgan fingerprint density at radius 2 is 1.42 bits per heavy atom. The highest BCUT2D eigenvalue weighted by Gasteiger charge is 2.59. The topological polar surface area (TPSA) is 199 Å². The van der Waals surface area contributed by atoms with Gasteiger partial charge in [-0.3, -0.25) is 0 Å². The second-order valence-electron chi connectivity index (χ2n) is 9.78. The van der Waals surface area contributed by atoms with Crippen molar-refractivity contribution in [1.29, 1.82) is 0 Å². The van der Waals surface area contributed by atoms with E-state index in [-0.39, 0.29) is 6.61 Å². The fourth-order valence-electron chi connectivity index (χ4n) is 4.63. The largest absolute Gasteiger partial charge is 0.394 e. The minimum Gasteiger partial charge on any atom is -0.394 e. The molecule has 0 aromatic rings. The molecule has 0 radical (unpaired) electrons. The van der Waals surface area contributed by atoms with E-state index in [1.165, 1.54) is 32.1 Å². The fourth-order valence-corrected chi connectivity index (χ4v) is 4.63. The summed E-state index contributed by atoms with van der Waals surface area (Å²) in [5, 5.41) is 80.4. The first-order valence-electron chi connectivity index (χ1n) is 13.1. The van der Waals surface area contributed by atoms with Crippen molar-refractivity contribution in [2.75, 3.05) is 26.4 Å². The van der Waals surface area contributed by atoms with E-state index in [1.54, 1.807) is 0 Å². The fraction of sp³-hybridized carbons (Fsp3) is 1.00. The Hall–Kier alpha value is -0.480. The highest BCUT2D eigenvalue weighted by atomic mass is 16.8. The second kappa shape index (κ2) is 15.8. The van der Waals surface area contributed by atoms with E-state index in [9.17, 15) is 40.9 Å². The molecule has 2 saturated heterocycles. The first-order valence-corrected chi connectivity index (χ1v) is 13.1. The van der Waals surface area contributed by atoms with Crippen LogP contribution in [0.25, 0.3) is 0 Å². The maximum atomic E-state index is 10.9. The molecule has 0 aromatic heterocycles. The van der Waals surface area contributed by atoms with Crippen molar-refractivity contribution in [2.45, 2.75) is 126 Å². The van der Waals surface area contributed by atoms with Gasteiger partial charge in [0.15, 0.2) is 6.29 Å². The van der Waals surface area contributed by atoms with Crippen LogP contribution in [-0.2, 0) is 18.9 Å². The van der Waals surface area contributed by atoms with Gasteiger partial charge in [-0.2, -0.15) is 0 Å². The smallest absolute Gasteiger partial charge is 0.224 e. The van der Waals surface area contributed by atoms with Gasteiger partial charge in [-0.25, -0.2) is 0 Å². The Balaban J connectivity index is 1.87. The number of aliphatic hydroxyl groups is 8. The van der Waals surface area contributed by atoms with E-state index in [1.807, 2.05) is 0 Å². The molecule has 0 amide bonds. The molecular formula is C24H46O12. The lowest BCUT2D eigenvalue weighted by Crippen LogP contribution is -2.62. The van der Waals surface area contributed by atoms with Crippen LogP contribution < -0.4 is 0 Å². The molecule has 2 aliphatic rings. The highest BCUT2D eigenvalue weighted by Crippen LogP contribution is 2.37. The monoisotopic (exact) mass is 526 g/mol. The first-order chi connectivity index (χ1) is 17.2. The highest BCUT2D eigenvalue weighted by molar-refractivity contribution is 4.99. The molecule has 8 N–H and O–H groups in total. The van der Waals surface area contributed by atoms with Crippen molar-refractivity contribution >= 4 is 0 Å². The van der Waals surface area contributed by atoms with E-state index < -0.39 is 80.7 Å². The Morgan fingerprint density at radius 1 is 0.806 bits per heavy atom. The van der Waals surface area contributed by atoms with E-state index in [0.717, 1.165) is 19.3 Å². The van der Waals surface area contributed by atoms with Crippen molar-refractivity contribution in [3.05, 3.63) is 0 Å². The van der Waals surface area contributed by atoms with Crippen LogP contribution in [-0.4, -0.2) is 128 Å². The summed E-state index contributed by atoms with van der Waals surface area (Å²) >= 11 is 0. The molecule has 2 heterocycles.